The van der Waals surface area contributed by atoms with Crippen LogP contribution in [0.15, 0.2) is 84.1 Å². The zero-order chi connectivity index (χ0) is 23.0. The quantitative estimate of drug-likeness (QED) is 0.226. The summed E-state index contributed by atoms with van der Waals surface area (Å²) >= 11 is 5.95. The number of nitrogens with zero attached hydrogens (tertiary/aromatic N) is 3. The van der Waals surface area contributed by atoms with E-state index in [1.165, 1.54) is 0 Å². The Balaban J connectivity index is 1.98. The number of anilines is 1. The average molecular weight is 447 g/mol. The van der Waals surface area contributed by atoms with Crippen molar-refractivity contribution in [3.63, 3.8) is 0 Å². The molecule has 3 aromatic rings. The first kappa shape index (κ1) is 22.8. The number of pyridine rings is 1. The van der Waals surface area contributed by atoms with Crippen molar-refractivity contribution >= 4 is 29.2 Å². The monoisotopic (exact) mass is 446 g/mol. The molecule has 1 aromatic heterocycles. The predicted octanol–water partition coefficient (Wildman–Crippen LogP) is 4.31. The smallest absolute Gasteiger partial charge is 0.252 e. The summed E-state index contributed by atoms with van der Waals surface area (Å²) in [6.07, 6.45) is 4.43. The fourth-order valence-electron chi connectivity index (χ4n) is 3.06. The van der Waals surface area contributed by atoms with E-state index >= 15 is 0 Å². The van der Waals surface area contributed by atoms with Crippen molar-refractivity contribution < 1.29 is 4.79 Å². The summed E-state index contributed by atoms with van der Waals surface area (Å²) < 4.78 is 0. The number of guanidine groups is 1. The second kappa shape index (κ2) is 10.4. The molecule has 7 nitrogen and oxygen atoms in total. The van der Waals surface area contributed by atoms with E-state index in [2.05, 4.69) is 25.9 Å². The zero-order valence-corrected chi connectivity index (χ0v) is 18.5. The van der Waals surface area contributed by atoms with Gasteiger partial charge in [0.1, 0.15) is 6.17 Å². The first-order valence-electron chi connectivity index (χ1n) is 9.92. The number of amides is 1. The third kappa shape index (κ3) is 5.84. The van der Waals surface area contributed by atoms with Crippen molar-refractivity contribution in [3.8, 4) is 6.19 Å². The lowest BCUT2D eigenvalue weighted by Crippen LogP contribution is -2.48. The molecule has 0 aliphatic rings. The molecular formula is C24H23ClN6O. The first-order valence-corrected chi connectivity index (χ1v) is 10.3. The van der Waals surface area contributed by atoms with Crippen molar-refractivity contribution in [2.45, 2.75) is 25.4 Å². The molecule has 3 N–H and O–H groups in total. The van der Waals surface area contributed by atoms with Crippen LogP contribution in [-0.2, 0) is 5.41 Å². The second-order valence-corrected chi connectivity index (χ2v) is 7.99. The molecule has 3 rings (SSSR count). The second-order valence-electron chi connectivity index (χ2n) is 7.55. The van der Waals surface area contributed by atoms with Crippen molar-refractivity contribution in [2.75, 3.05) is 5.32 Å². The van der Waals surface area contributed by atoms with Crippen molar-refractivity contribution in [1.29, 1.82) is 5.26 Å². The maximum Gasteiger partial charge on any atom is 0.252 e. The largest absolute Gasteiger partial charge is 0.329 e. The minimum absolute atomic E-state index is 0.186. The van der Waals surface area contributed by atoms with Gasteiger partial charge in [-0.05, 0) is 42.0 Å². The zero-order valence-electron chi connectivity index (χ0n) is 17.7. The lowest BCUT2D eigenvalue weighted by Gasteiger charge is -2.33. The van der Waals surface area contributed by atoms with Gasteiger partial charge in [0, 0.05) is 22.2 Å². The van der Waals surface area contributed by atoms with Crippen LogP contribution in [0.4, 0.5) is 5.69 Å². The number of carbonyl (C=O) groups is 1. The summed E-state index contributed by atoms with van der Waals surface area (Å²) in [5, 5.41) is 18.4. The molecule has 32 heavy (non-hydrogen) atoms. The number of nitrogens with one attached hydrogen (secondary N) is 3. The number of benzene rings is 2. The first-order chi connectivity index (χ1) is 15.4. The summed E-state index contributed by atoms with van der Waals surface area (Å²) in [4.78, 5) is 21.7. The van der Waals surface area contributed by atoms with E-state index < -0.39 is 11.6 Å². The average Bonchev–Trinajstić information content (AvgIpc) is 2.80. The highest BCUT2D eigenvalue weighted by molar-refractivity contribution is 6.30. The van der Waals surface area contributed by atoms with E-state index in [0.29, 0.717) is 16.3 Å². The fourth-order valence-corrected chi connectivity index (χ4v) is 3.19. The summed E-state index contributed by atoms with van der Waals surface area (Å²) in [5.41, 5.74) is 1.47. The summed E-state index contributed by atoms with van der Waals surface area (Å²) in [6, 6.07) is 19.9. The molecule has 0 radical (unpaired) electrons. The van der Waals surface area contributed by atoms with Crippen LogP contribution in [0.3, 0.4) is 0 Å². The van der Waals surface area contributed by atoms with Gasteiger partial charge in [-0.25, -0.2) is 4.99 Å². The van der Waals surface area contributed by atoms with Crippen molar-refractivity contribution in [3.05, 3.63) is 95.3 Å². The van der Waals surface area contributed by atoms with Crippen molar-refractivity contribution in [1.82, 2.24) is 15.6 Å². The molecule has 0 bridgehead atoms. The number of nitriles is 1. The van der Waals surface area contributed by atoms with Gasteiger partial charge in [-0.2, -0.15) is 5.26 Å². The lowest BCUT2D eigenvalue weighted by atomic mass is 9.81. The number of rotatable bonds is 6. The molecular weight excluding hydrogens is 424 g/mol. The molecule has 1 heterocycles. The predicted molar refractivity (Wildman–Crippen MR) is 126 cm³/mol. The maximum atomic E-state index is 13.0. The molecule has 0 saturated heterocycles. The Morgan fingerprint density at radius 1 is 1.09 bits per heavy atom. The molecule has 1 atom stereocenters. The van der Waals surface area contributed by atoms with Gasteiger partial charge >= 0.3 is 0 Å². The highest BCUT2D eigenvalue weighted by Gasteiger charge is 2.33. The topological polar surface area (TPSA) is 102 Å². The number of aliphatic imine (C=N–C) groups is 1. The van der Waals surface area contributed by atoms with E-state index in [9.17, 15) is 10.1 Å². The number of carbonyl (C=O) groups excluding carboxylic acids is 1. The molecule has 162 valence electrons. The summed E-state index contributed by atoms with van der Waals surface area (Å²) in [5.74, 6) is -0.122. The van der Waals surface area contributed by atoms with Gasteiger partial charge in [-0.15, -0.1) is 0 Å². The molecule has 8 heteroatoms. The molecule has 2 aromatic carbocycles. The van der Waals surface area contributed by atoms with Crippen LogP contribution in [-0.4, -0.2) is 23.0 Å². The van der Waals surface area contributed by atoms with Crippen LogP contribution in [0.25, 0.3) is 0 Å². The van der Waals surface area contributed by atoms with Gasteiger partial charge in [0.05, 0.1) is 11.9 Å². The Hall–Kier alpha value is -3.89. The molecule has 0 saturated carbocycles. The van der Waals surface area contributed by atoms with Crippen LogP contribution >= 0.6 is 11.6 Å². The Bertz CT molecular complexity index is 1110. The Labute approximate surface area is 192 Å². The van der Waals surface area contributed by atoms with E-state index in [0.717, 1.165) is 5.56 Å². The summed E-state index contributed by atoms with van der Waals surface area (Å²) in [7, 11) is 0. The van der Waals surface area contributed by atoms with Gasteiger partial charge in [0.25, 0.3) is 5.91 Å². The van der Waals surface area contributed by atoms with Crippen LogP contribution < -0.4 is 16.0 Å². The highest BCUT2D eigenvalue weighted by Crippen LogP contribution is 2.28. The standard InChI is InChI=1S/C24H23ClN6O/c1-24(2,18-7-4-3-5-8-18)22(30-21(32)17-10-12-19(25)13-11-17)31-23(28-16-26)29-20-9-6-14-27-15-20/h3-15,22H,1-2H3,(H,30,32)(H2,28,29,31). The van der Waals surface area contributed by atoms with Gasteiger partial charge in [-0.3, -0.25) is 15.1 Å². The Morgan fingerprint density at radius 2 is 1.81 bits per heavy atom. The number of halogens is 1. The van der Waals surface area contributed by atoms with E-state index in [1.54, 1.807) is 48.8 Å². The molecule has 0 aliphatic heterocycles. The van der Waals surface area contributed by atoms with Gasteiger partial charge in [0.15, 0.2) is 6.19 Å². The minimum atomic E-state index is -0.715. The SMILES string of the molecule is CC(C)(c1ccccc1)C(N=C(NC#N)Nc1cccnc1)NC(=O)c1ccc(Cl)cc1. The third-order valence-electron chi connectivity index (χ3n) is 4.93. The Morgan fingerprint density at radius 3 is 2.44 bits per heavy atom. The fraction of sp³-hybridized carbons (Fsp3) is 0.167. The number of aromatic nitrogens is 1. The van der Waals surface area contributed by atoms with E-state index in [1.807, 2.05) is 50.4 Å². The third-order valence-corrected chi connectivity index (χ3v) is 5.18. The van der Waals surface area contributed by atoms with E-state index in [4.69, 9.17) is 11.6 Å². The molecule has 0 aliphatic carbocycles. The van der Waals surface area contributed by atoms with Crippen molar-refractivity contribution in [2.24, 2.45) is 4.99 Å². The maximum absolute atomic E-state index is 13.0. The molecule has 1 unspecified atom stereocenters. The van der Waals surface area contributed by atoms with Gasteiger partial charge < -0.3 is 10.6 Å². The number of hydrogen-bond acceptors (Lipinski definition) is 4. The Kier molecular flexibility index (Phi) is 7.42. The molecule has 1 amide bonds. The van der Waals surface area contributed by atoms with Crippen LogP contribution in [0.2, 0.25) is 5.02 Å². The lowest BCUT2D eigenvalue weighted by molar-refractivity contribution is 0.0921. The highest BCUT2D eigenvalue weighted by atomic mass is 35.5. The van der Waals surface area contributed by atoms with Crippen LogP contribution in [0.1, 0.15) is 29.8 Å². The van der Waals surface area contributed by atoms with Gasteiger partial charge in [0.2, 0.25) is 5.96 Å². The number of hydrogen-bond donors (Lipinski definition) is 3. The van der Waals surface area contributed by atoms with Crippen LogP contribution in [0, 0.1) is 11.5 Å². The summed E-state index contributed by atoms with van der Waals surface area (Å²) in [6.45, 7) is 3.96. The van der Waals surface area contributed by atoms with Crippen LogP contribution in [0.5, 0.6) is 0 Å². The minimum Gasteiger partial charge on any atom is -0.329 e. The molecule has 0 spiro atoms. The van der Waals surface area contributed by atoms with E-state index in [-0.39, 0.29) is 11.9 Å². The normalized spacial score (nSPS) is 12.4. The molecule has 0 fully saturated rings. The van der Waals surface area contributed by atoms with Gasteiger partial charge in [-0.1, -0.05) is 55.8 Å².